The van der Waals surface area contributed by atoms with Gasteiger partial charge >= 0.3 is 12.0 Å². The number of carbonyl (C=O) groups is 2. The highest BCUT2D eigenvalue weighted by atomic mass is 16.5. The Balaban J connectivity index is 2.82. The van der Waals surface area contributed by atoms with Crippen LogP contribution in [0, 0.1) is 0 Å². The fourth-order valence-electron chi connectivity index (χ4n) is 2.07. The van der Waals surface area contributed by atoms with E-state index in [0.717, 1.165) is 6.42 Å². The molecule has 0 radical (unpaired) electrons. The fraction of sp³-hybridized carbons (Fsp3) is 0.846. The molecule has 2 amide bonds. The Bertz CT molecular complexity index is 338. The zero-order chi connectivity index (χ0) is 14.6. The lowest BCUT2D eigenvalue weighted by Gasteiger charge is -2.38. The molecule has 6 heteroatoms. The van der Waals surface area contributed by atoms with Crippen molar-refractivity contribution in [1.29, 1.82) is 0 Å². The smallest absolute Gasteiger partial charge is 0.323 e. The summed E-state index contributed by atoms with van der Waals surface area (Å²) in [6.07, 6.45) is 0.763. The van der Waals surface area contributed by atoms with Gasteiger partial charge in [-0.05, 0) is 34.1 Å². The first kappa shape index (κ1) is 15.8. The molecule has 1 aliphatic heterocycles. The molecule has 1 rings (SSSR count). The van der Waals surface area contributed by atoms with Crippen LogP contribution in [0.5, 0.6) is 0 Å². The number of hydrogen-bond donors (Lipinski definition) is 1. The molecule has 1 atom stereocenters. The Hall–Kier alpha value is -1.30. The number of urea groups is 1. The van der Waals surface area contributed by atoms with E-state index >= 15 is 0 Å². The fourth-order valence-corrected chi connectivity index (χ4v) is 2.07. The predicted octanol–water partition coefficient (Wildman–Crippen LogP) is 1.40. The summed E-state index contributed by atoms with van der Waals surface area (Å²) in [7, 11) is 0. The van der Waals surface area contributed by atoms with Crippen LogP contribution in [-0.4, -0.2) is 64.8 Å². The van der Waals surface area contributed by atoms with Gasteiger partial charge in [-0.25, -0.2) is 4.79 Å². The monoisotopic (exact) mass is 272 g/mol. The predicted molar refractivity (Wildman–Crippen MR) is 71.1 cm³/mol. The minimum absolute atomic E-state index is 0.0157. The molecular formula is C13H24N2O4. The van der Waals surface area contributed by atoms with Gasteiger partial charge in [0.25, 0.3) is 0 Å². The number of ether oxygens (including phenoxy) is 1. The summed E-state index contributed by atoms with van der Waals surface area (Å²) in [5.41, 5.74) is -0.522. The lowest BCUT2D eigenvalue weighted by molar-refractivity contribution is -0.138. The highest BCUT2D eigenvalue weighted by Gasteiger charge is 2.32. The number of aliphatic carboxylic acids is 1. The van der Waals surface area contributed by atoms with Crippen molar-refractivity contribution in [2.45, 2.75) is 45.8 Å². The van der Waals surface area contributed by atoms with Crippen LogP contribution in [0.3, 0.4) is 0 Å². The van der Waals surface area contributed by atoms with Crippen LogP contribution in [0.4, 0.5) is 4.79 Å². The van der Waals surface area contributed by atoms with Gasteiger partial charge < -0.3 is 19.6 Å². The molecule has 1 fully saturated rings. The maximum Gasteiger partial charge on any atom is 0.323 e. The minimum atomic E-state index is -0.998. The van der Waals surface area contributed by atoms with Gasteiger partial charge in [0.1, 0.15) is 6.54 Å². The van der Waals surface area contributed by atoms with Crippen molar-refractivity contribution in [3.05, 3.63) is 0 Å². The van der Waals surface area contributed by atoms with Crippen LogP contribution in [0.25, 0.3) is 0 Å². The Morgan fingerprint density at radius 2 is 2.05 bits per heavy atom. The Kier molecular flexibility index (Phi) is 5.17. The van der Waals surface area contributed by atoms with E-state index in [0.29, 0.717) is 19.7 Å². The summed E-state index contributed by atoms with van der Waals surface area (Å²) in [5, 5.41) is 8.96. The molecule has 1 N–H and O–H groups in total. The number of nitrogens with zero attached hydrogens (tertiary/aromatic N) is 2. The number of carboxylic acid groups (broad SMARTS) is 1. The van der Waals surface area contributed by atoms with Crippen molar-refractivity contribution in [2.24, 2.45) is 0 Å². The number of carboxylic acids is 1. The van der Waals surface area contributed by atoms with E-state index < -0.39 is 11.5 Å². The average molecular weight is 272 g/mol. The van der Waals surface area contributed by atoms with E-state index in [1.807, 2.05) is 27.7 Å². The lowest BCUT2D eigenvalue weighted by Crippen LogP contribution is -2.54. The van der Waals surface area contributed by atoms with E-state index in [4.69, 9.17) is 9.84 Å². The molecule has 19 heavy (non-hydrogen) atoms. The van der Waals surface area contributed by atoms with Crippen LogP contribution in [0.15, 0.2) is 0 Å². The van der Waals surface area contributed by atoms with Gasteiger partial charge in [-0.1, -0.05) is 0 Å². The molecule has 1 unspecified atom stereocenters. The molecule has 1 saturated heterocycles. The van der Waals surface area contributed by atoms with Gasteiger partial charge in [-0.2, -0.15) is 0 Å². The molecule has 1 aliphatic rings. The standard InChI is InChI=1S/C13H24N2O4/c1-10-8-14(6-5-7-19-10)12(18)15(9-11(16)17)13(2,3)4/h10H,5-9H2,1-4H3,(H,16,17). The minimum Gasteiger partial charge on any atom is -0.480 e. The molecule has 1 heterocycles. The maximum atomic E-state index is 12.5. The summed E-state index contributed by atoms with van der Waals surface area (Å²) in [5.74, 6) is -0.998. The zero-order valence-corrected chi connectivity index (χ0v) is 12.2. The number of amides is 2. The van der Waals surface area contributed by atoms with Crippen molar-refractivity contribution in [3.8, 4) is 0 Å². The highest BCUT2D eigenvalue weighted by molar-refractivity contribution is 5.81. The third kappa shape index (κ3) is 4.70. The second-order valence-corrected chi connectivity index (χ2v) is 5.91. The molecule has 0 aromatic rings. The van der Waals surface area contributed by atoms with E-state index in [9.17, 15) is 9.59 Å². The van der Waals surface area contributed by atoms with Gasteiger partial charge in [0.05, 0.1) is 6.10 Å². The molecular weight excluding hydrogens is 248 g/mol. The van der Waals surface area contributed by atoms with Crippen molar-refractivity contribution >= 4 is 12.0 Å². The molecule has 110 valence electrons. The van der Waals surface area contributed by atoms with Gasteiger partial charge in [0, 0.05) is 25.2 Å². The first-order valence-electron chi connectivity index (χ1n) is 6.61. The summed E-state index contributed by atoms with van der Waals surface area (Å²) < 4.78 is 5.50. The van der Waals surface area contributed by atoms with Gasteiger partial charge in [-0.3, -0.25) is 4.79 Å². The van der Waals surface area contributed by atoms with E-state index in [2.05, 4.69) is 0 Å². The van der Waals surface area contributed by atoms with Crippen LogP contribution in [-0.2, 0) is 9.53 Å². The summed E-state index contributed by atoms with van der Waals surface area (Å²) >= 11 is 0. The maximum absolute atomic E-state index is 12.5. The van der Waals surface area contributed by atoms with Crippen molar-refractivity contribution in [1.82, 2.24) is 9.80 Å². The Labute approximate surface area is 114 Å². The highest BCUT2D eigenvalue weighted by Crippen LogP contribution is 2.17. The number of carbonyl (C=O) groups excluding carboxylic acids is 1. The van der Waals surface area contributed by atoms with Crippen LogP contribution < -0.4 is 0 Å². The summed E-state index contributed by atoms with van der Waals surface area (Å²) in [4.78, 5) is 26.5. The first-order chi connectivity index (χ1) is 8.71. The molecule has 0 saturated carbocycles. The second kappa shape index (κ2) is 6.23. The van der Waals surface area contributed by atoms with E-state index in [-0.39, 0.29) is 18.7 Å². The number of hydrogen-bond acceptors (Lipinski definition) is 3. The SMILES string of the molecule is CC1CN(C(=O)N(CC(=O)O)C(C)(C)C)CCCO1. The quantitative estimate of drug-likeness (QED) is 0.825. The molecule has 0 aliphatic carbocycles. The average Bonchev–Trinajstić information content (AvgIpc) is 2.48. The van der Waals surface area contributed by atoms with Crippen LogP contribution >= 0.6 is 0 Å². The topological polar surface area (TPSA) is 70.1 Å². The van der Waals surface area contributed by atoms with Gasteiger partial charge in [0.15, 0.2) is 0 Å². The molecule has 0 bridgehead atoms. The normalized spacial score (nSPS) is 20.8. The van der Waals surface area contributed by atoms with Crippen LogP contribution in [0.2, 0.25) is 0 Å². The molecule has 0 aromatic carbocycles. The van der Waals surface area contributed by atoms with Gasteiger partial charge in [0.2, 0.25) is 0 Å². The van der Waals surface area contributed by atoms with Gasteiger partial charge in [-0.15, -0.1) is 0 Å². The van der Waals surface area contributed by atoms with Crippen molar-refractivity contribution in [2.75, 3.05) is 26.2 Å². The Morgan fingerprint density at radius 1 is 1.42 bits per heavy atom. The molecule has 0 aromatic heterocycles. The third-order valence-electron chi connectivity index (χ3n) is 3.06. The molecule has 6 nitrogen and oxygen atoms in total. The lowest BCUT2D eigenvalue weighted by atomic mass is 10.1. The number of rotatable bonds is 2. The van der Waals surface area contributed by atoms with E-state index in [1.165, 1.54) is 4.90 Å². The zero-order valence-electron chi connectivity index (χ0n) is 12.2. The summed E-state index contributed by atoms with van der Waals surface area (Å²) in [6, 6.07) is -0.229. The van der Waals surface area contributed by atoms with E-state index in [1.54, 1.807) is 4.90 Å². The first-order valence-corrected chi connectivity index (χ1v) is 6.61. The third-order valence-corrected chi connectivity index (χ3v) is 3.06. The van der Waals surface area contributed by atoms with Crippen molar-refractivity contribution in [3.63, 3.8) is 0 Å². The Morgan fingerprint density at radius 3 is 2.58 bits per heavy atom. The largest absolute Gasteiger partial charge is 0.480 e. The van der Waals surface area contributed by atoms with Crippen LogP contribution in [0.1, 0.15) is 34.1 Å². The molecule has 0 spiro atoms. The van der Waals surface area contributed by atoms with Crippen molar-refractivity contribution < 1.29 is 19.4 Å². The second-order valence-electron chi connectivity index (χ2n) is 5.91. The summed E-state index contributed by atoms with van der Waals surface area (Å²) in [6.45, 7) is 8.90.